The fourth-order valence-corrected chi connectivity index (χ4v) is 5.92. The Morgan fingerprint density at radius 3 is 2.28 bits per heavy atom. The van der Waals surface area contributed by atoms with Crippen molar-refractivity contribution in [2.45, 2.75) is 51.0 Å². The van der Waals surface area contributed by atoms with Crippen molar-refractivity contribution in [3.05, 3.63) is 23.6 Å². The standard InChI is InChI=1S/C19H28N6O3S/c1-14-6-4-5-9-25(14)18-8-7-17(20-21-18)23-10-12-24(13-11-23)29(26,27)19-15(2)22-28-16(19)3/h7-8,14H,4-6,9-13H2,1-3H3/t14-/m0/s1. The summed E-state index contributed by atoms with van der Waals surface area (Å²) in [7, 11) is -3.61. The van der Waals surface area contributed by atoms with Crippen LogP contribution in [0.3, 0.4) is 0 Å². The van der Waals surface area contributed by atoms with E-state index < -0.39 is 10.0 Å². The van der Waals surface area contributed by atoms with Gasteiger partial charge in [0.1, 0.15) is 10.6 Å². The predicted octanol–water partition coefficient (Wildman–Crippen LogP) is 1.97. The van der Waals surface area contributed by atoms with E-state index >= 15 is 0 Å². The van der Waals surface area contributed by atoms with Crippen molar-refractivity contribution in [1.29, 1.82) is 0 Å². The first-order chi connectivity index (χ1) is 13.9. The molecule has 2 aliphatic rings. The minimum absolute atomic E-state index is 0.186. The summed E-state index contributed by atoms with van der Waals surface area (Å²) in [6.45, 7) is 8.44. The lowest BCUT2D eigenvalue weighted by atomic mass is 10.0. The first-order valence-corrected chi connectivity index (χ1v) is 11.6. The molecule has 9 nitrogen and oxygen atoms in total. The van der Waals surface area contributed by atoms with E-state index in [-0.39, 0.29) is 4.90 Å². The van der Waals surface area contributed by atoms with Crippen molar-refractivity contribution >= 4 is 21.7 Å². The lowest BCUT2D eigenvalue weighted by molar-refractivity contribution is 0.377. The number of nitrogens with zero attached hydrogens (tertiary/aromatic N) is 6. The van der Waals surface area contributed by atoms with E-state index in [1.807, 2.05) is 12.1 Å². The van der Waals surface area contributed by atoms with Gasteiger partial charge in [0.15, 0.2) is 17.4 Å². The molecule has 2 saturated heterocycles. The van der Waals surface area contributed by atoms with Gasteiger partial charge < -0.3 is 14.3 Å². The summed E-state index contributed by atoms with van der Waals surface area (Å²) in [5.41, 5.74) is 0.401. The number of rotatable bonds is 4. The number of piperidine rings is 1. The molecule has 0 unspecified atom stereocenters. The van der Waals surface area contributed by atoms with Crippen LogP contribution in [0.1, 0.15) is 37.6 Å². The summed E-state index contributed by atoms with van der Waals surface area (Å²) in [5, 5.41) is 12.6. The maximum absolute atomic E-state index is 13.0. The highest BCUT2D eigenvalue weighted by Gasteiger charge is 2.33. The Bertz CT molecular complexity index is 931. The van der Waals surface area contributed by atoms with E-state index in [0.29, 0.717) is 43.7 Å². The molecule has 0 aromatic carbocycles. The molecule has 0 spiro atoms. The monoisotopic (exact) mass is 420 g/mol. The van der Waals surface area contributed by atoms with Crippen molar-refractivity contribution < 1.29 is 12.9 Å². The van der Waals surface area contributed by atoms with Gasteiger partial charge in [-0.25, -0.2) is 8.42 Å². The van der Waals surface area contributed by atoms with Crippen LogP contribution in [0.25, 0.3) is 0 Å². The molecular formula is C19H28N6O3S. The molecule has 1 atom stereocenters. The molecule has 2 aromatic heterocycles. The largest absolute Gasteiger partial charge is 0.360 e. The quantitative estimate of drug-likeness (QED) is 0.741. The minimum atomic E-state index is -3.61. The van der Waals surface area contributed by atoms with Gasteiger partial charge in [-0.2, -0.15) is 4.31 Å². The van der Waals surface area contributed by atoms with Gasteiger partial charge >= 0.3 is 0 Å². The molecule has 10 heteroatoms. The summed E-state index contributed by atoms with van der Waals surface area (Å²) in [6.07, 6.45) is 3.64. The summed E-state index contributed by atoms with van der Waals surface area (Å²) < 4.78 is 32.5. The average molecular weight is 421 g/mol. The molecule has 0 N–H and O–H groups in total. The Labute approximate surface area is 171 Å². The van der Waals surface area contributed by atoms with Gasteiger partial charge in [0, 0.05) is 38.8 Å². The molecule has 0 bridgehead atoms. The summed E-state index contributed by atoms with van der Waals surface area (Å²) >= 11 is 0. The van der Waals surface area contributed by atoms with Crippen LogP contribution in [0.15, 0.2) is 21.6 Å². The van der Waals surface area contributed by atoms with E-state index in [1.165, 1.54) is 23.6 Å². The fraction of sp³-hybridized carbons (Fsp3) is 0.632. The molecule has 0 amide bonds. The average Bonchev–Trinajstić information content (AvgIpc) is 3.07. The highest BCUT2D eigenvalue weighted by atomic mass is 32.2. The summed E-state index contributed by atoms with van der Waals surface area (Å²) in [6, 6.07) is 4.50. The van der Waals surface area contributed by atoms with Crippen LogP contribution in [0.4, 0.5) is 11.6 Å². The molecule has 29 heavy (non-hydrogen) atoms. The molecule has 0 saturated carbocycles. The second kappa shape index (κ2) is 7.91. The van der Waals surface area contributed by atoms with Crippen LogP contribution in [-0.2, 0) is 10.0 Å². The molecule has 4 rings (SSSR count). The maximum Gasteiger partial charge on any atom is 0.248 e. The van der Waals surface area contributed by atoms with Gasteiger partial charge in [0.2, 0.25) is 10.0 Å². The number of sulfonamides is 1. The molecular weight excluding hydrogens is 392 g/mol. The Hall–Kier alpha value is -2.20. The number of aromatic nitrogens is 3. The zero-order valence-corrected chi connectivity index (χ0v) is 18.0. The second-order valence-electron chi connectivity index (χ2n) is 7.83. The van der Waals surface area contributed by atoms with E-state index in [4.69, 9.17) is 4.52 Å². The number of piperazine rings is 1. The predicted molar refractivity (Wildman–Crippen MR) is 110 cm³/mol. The van der Waals surface area contributed by atoms with Gasteiger partial charge in [-0.05, 0) is 52.2 Å². The highest BCUT2D eigenvalue weighted by molar-refractivity contribution is 7.89. The molecule has 2 aromatic rings. The topological polar surface area (TPSA) is 95.7 Å². The Morgan fingerprint density at radius 2 is 1.69 bits per heavy atom. The maximum atomic E-state index is 13.0. The van der Waals surface area contributed by atoms with E-state index in [1.54, 1.807) is 13.8 Å². The van der Waals surface area contributed by atoms with E-state index in [0.717, 1.165) is 18.2 Å². The summed E-state index contributed by atoms with van der Waals surface area (Å²) in [4.78, 5) is 4.58. The molecule has 158 valence electrons. The second-order valence-corrected chi connectivity index (χ2v) is 9.71. The Morgan fingerprint density at radius 1 is 1.00 bits per heavy atom. The van der Waals surface area contributed by atoms with Gasteiger partial charge in [-0.15, -0.1) is 10.2 Å². The Balaban J connectivity index is 1.42. The third-order valence-corrected chi connectivity index (χ3v) is 8.01. The zero-order valence-electron chi connectivity index (χ0n) is 17.2. The van der Waals surface area contributed by atoms with Crippen molar-refractivity contribution in [3.63, 3.8) is 0 Å². The minimum Gasteiger partial charge on any atom is -0.360 e. The normalized spacial score (nSPS) is 21.6. The molecule has 2 fully saturated rings. The van der Waals surface area contributed by atoms with Crippen LogP contribution < -0.4 is 9.80 Å². The van der Waals surface area contributed by atoms with Gasteiger partial charge in [-0.1, -0.05) is 5.16 Å². The number of hydrogen-bond donors (Lipinski definition) is 0. The van der Waals surface area contributed by atoms with Crippen molar-refractivity contribution in [2.75, 3.05) is 42.5 Å². The van der Waals surface area contributed by atoms with Crippen LogP contribution in [0.2, 0.25) is 0 Å². The molecule has 0 radical (unpaired) electrons. The van der Waals surface area contributed by atoms with Crippen LogP contribution in [0.5, 0.6) is 0 Å². The van der Waals surface area contributed by atoms with Gasteiger partial charge in [0.25, 0.3) is 0 Å². The van der Waals surface area contributed by atoms with E-state index in [9.17, 15) is 8.42 Å². The van der Waals surface area contributed by atoms with Gasteiger partial charge in [-0.3, -0.25) is 0 Å². The molecule has 0 aliphatic carbocycles. The van der Waals surface area contributed by atoms with Gasteiger partial charge in [0.05, 0.1) is 0 Å². The number of anilines is 2. The van der Waals surface area contributed by atoms with Crippen LogP contribution in [-0.4, -0.2) is 66.8 Å². The van der Waals surface area contributed by atoms with Crippen LogP contribution >= 0.6 is 0 Å². The fourth-order valence-electron chi connectivity index (χ4n) is 4.21. The Kier molecular flexibility index (Phi) is 5.48. The van der Waals surface area contributed by atoms with Crippen molar-refractivity contribution in [1.82, 2.24) is 19.7 Å². The molecule has 2 aliphatic heterocycles. The first kappa shape index (κ1) is 20.1. The smallest absolute Gasteiger partial charge is 0.248 e. The summed E-state index contributed by atoms with van der Waals surface area (Å²) in [5.74, 6) is 2.03. The number of aryl methyl sites for hydroxylation is 2. The molecule has 4 heterocycles. The highest BCUT2D eigenvalue weighted by Crippen LogP contribution is 2.26. The third kappa shape index (κ3) is 3.83. The van der Waals surface area contributed by atoms with E-state index in [2.05, 4.69) is 32.1 Å². The third-order valence-electron chi connectivity index (χ3n) is 5.86. The number of hydrogen-bond acceptors (Lipinski definition) is 8. The lowest BCUT2D eigenvalue weighted by Gasteiger charge is -2.35. The SMILES string of the molecule is Cc1noc(C)c1S(=O)(=O)N1CCN(c2ccc(N3CCCC[C@@H]3C)nn2)CC1. The van der Waals surface area contributed by atoms with Crippen molar-refractivity contribution in [2.24, 2.45) is 0 Å². The first-order valence-electron chi connectivity index (χ1n) is 10.2. The zero-order chi connectivity index (χ0) is 20.6. The lowest BCUT2D eigenvalue weighted by Crippen LogP contribution is -2.49. The van der Waals surface area contributed by atoms with Crippen LogP contribution in [0, 0.1) is 13.8 Å². The van der Waals surface area contributed by atoms with Crippen molar-refractivity contribution in [3.8, 4) is 0 Å².